The molecule has 1 heterocycles. The molecule has 10 heteroatoms. The summed E-state index contributed by atoms with van der Waals surface area (Å²) in [7, 11) is 0. The number of nitrogens with two attached hydrogens (primary N) is 1. The molecule has 4 unspecified atom stereocenters. The monoisotopic (exact) mass is 498 g/mol. The highest BCUT2D eigenvalue weighted by Crippen LogP contribution is 2.52. The molecular formula is C25H26N2O7S. The number of allylic oxidation sites excluding steroid dienone is 1. The van der Waals surface area contributed by atoms with Crippen LogP contribution in [-0.4, -0.2) is 66.4 Å². The van der Waals surface area contributed by atoms with Gasteiger partial charge in [-0.15, -0.1) is 11.8 Å². The van der Waals surface area contributed by atoms with Crippen LogP contribution in [0.3, 0.4) is 0 Å². The number of fused-ring (bicyclic) bond motifs is 3. The minimum atomic E-state index is -2.50. The molecule has 184 valence electrons. The van der Waals surface area contributed by atoms with Crippen molar-refractivity contribution in [2.45, 2.75) is 49.2 Å². The molecule has 0 radical (unpaired) electrons. The maximum atomic E-state index is 13.6. The van der Waals surface area contributed by atoms with Gasteiger partial charge in [0.15, 0.2) is 17.2 Å². The zero-order valence-electron chi connectivity index (χ0n) is 18.9. The highest BCUT2D eigenvalue weighted by Gasteiger charge is 2.62. The number of ketones is 2. The molecule has 1 aliphatic heterocycles. The molecule has 1 fully saturated rings. The van der Waals surface area contributed by atoms with Gasteiger partial charge in [0, 0.05) is 11.5 Å². The average Bonchev–Trinajstić information content (AvgIpc) is 3.20. The average molecular weight is 499 g/mol. The van der Waals surface area contributed by atoms with Crippen molar-refractivity contribution in [2.24, 2.45) is 28.5 Å². The third kappa shape index (κ3) is 3.46. The Kier molecular flexibility index (Phi) is 5.65. The number of hydrogen-bond donors (Lipinski definition) is 5. The SMILES string of the molecule is CC1N=CSC1/C=C/c1ccc(O)c2c1C[C@H]1C[C@H]3CC(O)C(C(N)=O)C(=O)[C@@]3(O)C(O)=C1C2=O. The van der Waals surface area contributed by atoms with Crippen LogP contribution in [0.5, 0.6) is 5.75 Å². The maximum Gasteiger partial charge on any atom is 0.230 e. The number of carbonyl (C=O) groups is 3. The first-order valence-electron chi connectivity index (χ1n) is 11.5. The van der Waals surface area contributed by atoms with Crippen molar-refractivity contribution in [2.75, 3.05) is 0 Å². The van der Waals surface area contributed by atoms with Crippen LogP contribution >= 0.6 is 11.8 Å². The predicted molar refractivity (Wildman–Crippen MR) is 129 cm³/mol. The number of aliphatic hydroxyl groups is 3. The van der Waals surface area contributed by atoms with Crippen LogP contribution in [0.1, 0.15) is 41.3 Å². The fourth-order valence-corrected chi connectivity index (χ4v) is 6.78. The lowest BCUT2D eigenvalue weighted by Crippen LogP contribution is -2.63. The van der Waals surface area contributed by atoms with Crippen LogP contribution in [0.25, 0.3) is 6.08 Å². The van der Waals surface area contributed by atoms with E-state index < -0.39 is 52.7 Å². The Morgan fingerprint density at radius 1 is 1.26 bits per heavy atom. The molecule has 1 aromatic rings. The number of hydrogen-bond acceptors (Lipinski definition) is 9. The Labute approximate surface area is 205 Å². The molecule has 0 saturated heterocycles. The van der Waals surface area contributed by atoms with Gasteiger partial charge in [-0.1, -0.05) is 18.2 Å². The summed E-state index contributed by atoms with van der Waals surface area (Å²) >= 11 is 1.59. The molecular weight excluding hydrogens is 472 g/mol. The number of aliphatic imine (C=N–C) groups is 1. The molecule has 0 bridgehead atoms. The summed E-state index contributed by atoms with van der Waals surface area (Å²) in [6, 6.07) is 3.25. The molecule has 1 saturated carbocycles. The van der Waals surface area contributed by atoms with Crippen molar-refractivity contribution in [1.29, 1.82) is 0 Å². The van der Waals surface area contributed by atoms with Gasteiger partial charge in [0.25, 0.3) is 0 Å². The molecule has 1 amide bonds. The minimum absolute atomic E-state index is 0.0186. The molecule has 35 heavy (non-hydrogen) atoms. The molecule has 1 aromatic carbocycles. The third-order valence-corrected chi connectivity index (χ3v) is 8.87. The van der Waals surface area contributed by atoms with Gasteiger partial charge < -0.3 is 26.2 Å². The van der Waals surface area contributed by atoms with E-state index in [1.165, 1.54) is 6.07 Å². The van der Waals surface area contributed by atoms with E-state index in [9.17, 15) is 34.8 Å². The number of aliphatic hydroxyl groups excluding tert-OH is 2. The van der Waals surface area contributed by atoms with Crippen LogP contribution in [0.15, 0.2) is 34.5 Å². The van der Waals surface area contributed by atoms with E-state index in [0.717, 1.165) is 5.56 Å². The molecule has 6 N–H and O–H groups in total. The predicted octanol–water partition coefficient (Wildman–Crippen LogP) is 1.29. The van der Waals surface area contributed by atoms with E-state index in [4.69, 9.17) is 5.73 Å². The van der Waals surface area contributed by atoms with Gasteiger partial charge in [-0.25, -0.2) is 0 Å². The summed E-state index contributed by atoms with van der Waals surface area (Å²) in [5.41, 5.74) is 5.82. The van der Waals surface area contributed by atoms with Gasteiger partial charge in [0.05, 0.1) is 28.5 Å². The van der Waals surface area contributed by atoms with E-state index in [0.29, 0.717) is 5.56 Å². The third-order valence-electron chi connectivity index (χ3n) is 7.76. The summed E-state index contributed by atoms with van der Waals surface area (Å²) in [5.74, 6) is -7.09. The van der Waals surface area contributed by atoms with Crippen LogP contribution in [-0.2, 0) is 16.0 Å². The molecule has 0 aromatic heterocycles. The number of carbonyl (C=O) groups excluding carboxylic acids is 3. The first kappa shape index (κ1) is 23.8. The van der Waals surface area contributed by atoms with Crippen LogP contribution in [0.4, 0.5) is 0 Å². The smallest absolute Gasteiger partial charge is 0.230 e. The van der Waals surface area contributed by atoms with Gasteiger partial charge >= 0.3 is 0 Å². The number of nitrogens with zero attached hydrogens (tertiary/aromatic N) is 1. The van der Waals surface area contributed by atoms with Gasteiger partial charge in [-0.05, 0) is 49.3 Å². The standard InChI is InChI=1S/C25H26N2O7S/c1-10-17(35-9-27-10)5-3-11-2-4-15(28)19-14(11)7-12-6-13-8-16(29)20(24(26)33)23(32)25(13,34)22(31)18(12)21(19)30/h2-5,9-10,12-13,16-17,20,28-29,31,34H,6-8H2,1H3,(H2,26,33)/b5-3+/t10?,12-,13+,16?,17?,20?,25+/m1/s1. The summed E-state index contributed by atoms with van der Waals surface area (Å²) in [6.45, 7) is 2.01. The minimum Gasteiger partial charge on any atom is -0.508 e. The Morgan fingerprint density at radius 3 is 2.66 bits per heavy atom. The number of amides is 1. The number of primary amides is 1. The topological polar surface area (TPSA) is 171 Å². The Hall–Kier alpha value is -2.95. The second-order valence-electron chi connectivity index (χ2n) is 9.72. The van der Waals surface area contributed by atoms with Gasteiger partial charge in [0.2, 0.25) is 5.91 Å². The number of aromatic hydroxyl groups is 1. The molecule has 3 aliphatic carbocycles. The number of thioether (sulfide) groups is 1. The number of phenolic OH excluding ortho intramolecular Hbond substituents is 1. The lowest BCUT2D eigenvalue weighted by atomic mass is 9.57. The van der Waals surface area contributed by atoms with E-state index >= 15 is 0 Å². The van der Waals surface area contributed by atoms with Crippen LogP contribution < -0.4 is 5.73 Å². The highest BCUT2D eigenvalue weighted by molar-refractivity contribution is 8.13. The lowest BCUT2D eigenvalue weighted by Gasteiger charge is -2.48. The van der Waals surface area contributed by atoms with Crippen molar-refractivity contribution >= 4 is 40.9 Å². The number of phenols is 1. The van der Waals surface area contributed by atoms with Gasteiger partial charge in [-0.2, -0.15) is 0 Å². The number of Topliss-reactive ketones (excluding diaryl/α,β-unsaturated/α-hetero) is 2. The van der Waals surface area contributed by atoms with E-state index in [-0.39, 0.29) is 47.4 Å². The van der Waals surface area contributed by atoms with Gasteiger partial charge in [0.1, 0.15) is 17.4 Å². The van der Waals surface area contributed by atoms with Crippen molar-refractivity contribution in [1.82, 2.24) is 0 Å². The van der Waals surface area contributed by atoms with Crippen LogP contribution in [0.2, 0.25) is 0 Å². The summed E-state index contributed by atoms with van der Waals surface area (Å²) in [4.78, 5) is 42.7. The highest BCUT2D eigenvalue weighted by atomic mass is 32.2. The first-order chi connectivity index (χ1) is 16.6. The number of benzene rings is 1. The van der Waals surface area contributed by atoms with Crippen LogP contribution in [0, 0.1) is 17.8 Å². The van der Waals surface area contributed by atoms with Gasteiger partial charge in [-0.3, -0.25) is 19.4 Å². The molecule has 7 atom stereocenters. The second kappa shape index (κ2) is 8.32. The largest absolute Gasteiger partial charge is 0.508 e. The zero-order chi connectivity index (χ0) is 25.2. The second-order valence-corrected chi connectivity index (χ2v) is 10.7. The van der Waals surface area contributed by atoms with E-state index in [1.807, 2.05) is 19.1 Å². The fourth-order valence-electron chi connectivity index (χ4n) is 5.91. The van der Waals surface area contributed by atoms with E-state index in [1.54, 1.807) is 23.4 Å². The number of rotatable bonds is 3. The lowest BCUT2D eigenvalue weighted by molar-refractivity contribution is -0.167. The normalized spacial score (nSPS) is 36.3. The molecule has 9 nitrogen and oxygen atoms in total. The molecule has 4 aliphatic rings. The first-order valence-corrected chi connectivity index (χ1v) is 12.4. The van der Waals surface area contributed by atoms with Crippen molar-refractivity contribution in [3.05, 3.63) is 46.2 Å². The maximum absolute atomic E-state index is 13.6. The Balaban J connectivity index is 1.58. The fraction of sp³-hybridized carbons (Fsp3) is 0.440. The summed E-state index contributed by atoms with van der Waals surface area (Å²) < 4.78 is 0. The molecule has 0 spiro atoms. The quantitative estimate of drug-likeness (QED) is 0.388. The Bertz CT molecular complexity index is 1240. The van der Waals surface area contributed by atoms with Crippen molar-refractivity contribution in [3.63, 3.8) is 0 Å². The summed E-state index contributed by atoms with van der Waals surface area (Å²) in [6.07, 6.45) is 2.80. The van der Waals surface area contributed by atoms with E-state index in [2.05, 4.69) is 4.99 Å². The Morgan fingerprint density at radius 2 is 2.00 bits per heavy atom. The molecule has 5 rings (SSSR count). The van der Waals surface area contributed by atoms with Crippen molar-refractivity contribution < 1.29 is 34.8 Å². The summed E-state index contributed by atoms with van der Waals surface area (Å²) in [5, 5.41) is 43.5. The zero-order valence-corrected chi connectivity index (χ0v) is 19.7. The van der Waals surface area contributed by atoms with Crippen molar-refractivity contribution in [3.8, 4) is 5.75 Å².